The number of amides is 1. The molecule has 1 unspecified atom stereocenters. The molecule has 0 fully saturated rings. The molecule has 1 amide bonds. The van der Waals surface area contributed by atoms with Gasteiger partial charge in [-0.05, 0) is 45.2 Å². The van der Waals surface area contributed by atoms with Crippen LogP contribution in [0.15, 0.2) is 60.7 Å². The van der Waals surface area contributed by atoms with Crippen LogP contribution in [0, 0.1) is 5.82 Å². The first-order valence-corrected chi connectivity index (χ1v) is 10.2. The molecule has 1 atom stereocenters. The molecule has 3 rings (SSSR count). The average Bonchev–Trinajstić information content (AvgIpc) is 2.74. The zero-order valence-electron chi connectivity index (χ0n) is 17.8. The van der Waals surface area contributed by atoms with Gasteiger partial charge in [-0.25, -0.2) is 9.18 Å². The maximum atomic E-state index is 14.7. The molecule has 5 nitrogen and oxygen atoms in total. The van der Waals surface area contributed by atoms with Crippen LogP contribution >= 0.6 is 0 Å². The highest BCUT2D eigenvalue weighted by Gasteiger charge is 2.31. The molecular weight excluding hydrogens is 397 g/mol. The monoisotopic (exact) mass is 423 g/mol. The lowest BCUT2D eigenvalue weighted by atomic mass is 10.0. The van der Waals surface area contributed by atoms with E-state index in [1.54, 1.807) is 24.3 Å². The number of halogens is 1. The van der Waals surface area contributed by atoms with Crippen molar-refractivity contribution in [2.45, 2.75) is 45.3 Å². The molecular formula is C25H26FNO4. The molecule has 0 radical (unpaired) electrons. The van der Waals surface area contributed by atoms with Gasteiger partial charge in [-0.3, -0.25) is 4.79 Å². The number of carbonyl (C=O) groups is 2. The summed E-state index contributed by atoms with van der Waals surface area (Å²) in [6.45, 7) is 4.63. The minimum atomic E-state index is -1.52. The minimum Gasteiger partial charge on any atom is -0.489 e. The summed E-state index contributed by atoms with van der Waals surface area (Å²) in [5.74, 6) is -2.22. The van der Waals surface area contributed by atoms with Crippen molar-refractivity contribution in [1.29, 1.82) is 0 Å². The van der Waals surface area contributed by atoms with Crippen LogP contribution in [0.4, 0.5) is 4.39 Å². The molecule has 0 spiro atoms. The van der Waals surface area contributed by atoms with Gasteiger partial charge >= 0.3 is 5.97 Å². The summed E-state index contributed by atoms with van der Waals surface area (Å²) in [5, 5.41) is 12.6. The molecule has 0 aliphatic rings. The van der Waals surface area contributed by atoms with Gasteiger partial charge < -0.3 is 15.2 Å². The highest BCUT2D eigenvalue weighted by Crippen LogP contribution is 2.33. The molecule has 0 aromatic heterocycles. The van der Waals surface area contributed by atoms with Gasteiger partial charge in [-0.2, -0.15) is 0 Å². The highest BCUT2D eigenvalue weighted by molar-refractivity contribution is 6.05. The van der Waals surface area contributed by atoms with E-state index in [1.807, 2.05) is 37.3 Å². The zero-order valence-corrected chi connectivity index (χ0v) is 17.8. The predicted molar refractivity (Wildman–Crippen MR) is 118 cm³/mol. The lowest BCUT2D eigenvalue weighted by molar-refractivity contribution is -0.143. The lowest BCUT2D eigenvalue weighted by Crippen LogP contribution is -2.49. The molecule has 31 heavy (non-hydrogen) atoms. The summed E-state index contributed by atoms with van der Waals surface area (Å²) in [5.41, 5.74) is -0.379. The third-order valence-electron chi connectivity index (χ3n) is 5.15. The van der Waals surface area contributed by atoms with Crippen LogP contribution in [-0.2, 0) is 11.2 Å². The van der Waals surface area contributed by atoms with Gasteiger partial charge in [-0.15, -0.1) is 0 Å². The van der Waals surface area contributed by atoms with Crippen molar-refractivity contribution in [2.24, 2.45) is 0 Å². The predicted octanol–water partition coefficient (Wildman–Crippen LogP) is 4.97. The number of carboxylic acid groups (broad SMARTS) is 1. The summed E-state index contributed by atoms with van der Waals surface area (Å²) in [6.07, 6.45) is 1.22. The fourth-order valence-corrected chi connectivity index (χ4v) is 3.28. The molecule has 2 N–H and O–H groups in total. The number of aliphatic carboxylic acids is 1. The summed E-state index contributed by atoms with van der Waals surface area (Å²) < 4.78 is 20.9. The number of fused-ring (bicyclic) bond motifs is 1. The quantitative estimate of drug-likeness (QED) is 0.536. The van der Waals surface area contributed by atoms with Gasteiger partial charge in [-0.1, -0.05) is 54.6 Å². The summed E-state index contributed by atoms with van der Waals surface area (Å²) in [4.78, 5) is 24.4. The number of ether oxygens (including phenoxy) is 1. The van der Waals surface area contributed by atoms with E-state index in [0.717, 1.165) is 12.5 Å². The van der Waals surface area contributed by atoms with Crippen molar-refractivity contribution in [3.05, 3.63) is 77.6 Å². The van der Waals surface area contributed by atoms with E-state index < -0.39 is 23.2 Å². The second-order valence-corrected chi connectivity index (χ2v) is 8.12. The van der Waals surface area contributed by atoms with E-state index in [0.29, 0.717) is 17.2 Å². The van der Waals surface area contributed by atoms with Gasteiger partial charge in [0.1, 0.15) is 17.1 Å². The largest absolute Gasteiger partial charge is 0.489 e. The number of carboxylic acids is 1. The van der Waals surface area contributed by atoms with E-state index in [9.17, 15) is 19.1 Å². The highest BCUT2D eigenvalue weighted by atomic mass is 19.1. The second kappa shape index (κ2) is 9.16. The molecule has 6 heteroatoms. The second-order valence-electron chi connectivity index (χ2n) is 8.12. The van der Waals surface area contributed by atoms with Gasteiger partial charge in [0.05, 0.1) is 11.7 Å². The van der Waals surface area contributed by atoms with E-state index in [2.05, 4.69) is 5.32 Å². The van der Waals surface area contributed by atoms with Crippen molar-refractivity contribution in [3.63, 3.8) is 0 Å². The van der Waals surface area contributed by atoms with Gasteiger partial charge in [0, 0.05) is 10.8 Å². The first-order valence-electron chi connectivity index (χ1n) is 10.2. The molecule has 0 heterocycles. The van der Waals surface area contributed by atoms with E-state index in [-0.39, 0.29) is 17.4 Å². The minimum absolute atomic E-state index is 0.0305. The standard InChI is InChI=1S/C25H26FNO4/c1-16(13-14-17-9-5-4-6-10-17)31-22-19-12-8-7-11-18(19)21(26)15-20(22)23(28)27-25(2,3)24(29)30/h4-12,15-16H,13-14H2,1-3H3,(H,27,28)(H,29,30). The topological polar surface area (TPSA) is 75.6 Å². The van der Waals surface area contributed by atoms with Gasteiger partial charge in [0.2, 0.25) is 0 Å². The van der Waals surface area contributed by atoms with Crippen molar-refractivity contribution in [3.8, 4) is 5.75 Å². The van der Waals surface area contributed by atoms with Crippen LogP contribution in [-0.4, -0.2) is 28.6 Å². The molecule has 0 saturated carbocycles. The number of hydrogen-bond donors (Lipinski definition) is 2. The van der Waals surface area contributed by atoms with Crippen LogP contribution in [0.3, 0.4) is 0 Å². The lowest BCUT2D eigenvalue weighted by Gasteiger charge is -2.24. The molecule has 3 aromatic rings. The van der Waals surface area contributed by atoms with E-state index >= 15 is 0 Å². The number of carbonyl (C=O) groups excluding carboxylic acids is 1. The number of benzene rings is 3. The Morgan fingerprint density at radius 3 is 2.32 bits per heavy atom. The van der Waals surface area contributed by atoms with Gasteiger partial charge in [0.15, 0.2) is 0 Å². The molecule has 0 saturated heterocycles. The molecule has 3 aromatic carbocycles. The Morgan fingerprint density at radius 1 is 1.06 bits per heavy atom. The Labute approximate surface area is 180 Å². The molecule has 0 aliphatic carbocycles. The Morgan fingerprint density at radius 2 is 1.68 bits per heavy atom. The third kappa shape index (κ3) is 5.20. The molecule has 162 valence electrons. The van der Waals surface area contributed by atoms with Crippen LogP contribution in [0.5, 0.6) is 5.75 Å². The summed E-state index contributed by atoms with van der Waals surface area (Å²) in [7, 11) is 0. The Hall–Kier alpha value is -3.41. The first kappa shape index (κ1) is 22.3. The fraction of sp³-hybridized carbons (Fsp3) is 0.280. The van der Waals surface area contributed by atoms with E-state index in [1.165, 1.54) is 19.4 Å². The normalized spacial score (nSPS) is 12.4. The molecule has 0 aliphatic heterocycles. The zero-order chi connectivity index (χ0) is 22.6. The SMILES string of the molecule is CC(CCc1ccccc1)Oc1c(C(=O)NC(C)(C)C(=O)O)cc(F)c2ccccc12. The maximum Gasteiger partial charge on any atom is 0.328 e. The van der Waals surface area contributed by atoms with Gasteiger partial charge in [0.25, 0.3) is 5.91 Å². The van der Waals surface area contributed by atoms with Crippen molar-refractivity contribution < 1.29 is 23.8 Å². The smallest absolute Gasteiger partial charge is 0.328 e. The Kier molecular flexibility index (Phi) is 6.59. The van der Waals surface area contributed by atoms with Crippen LogP contribution in [0.1, 0.15) is 43.1 Å². The first-order chi connectivity index (χ1) is 14.7. The van der Waals surface area contributed by atoms with Crippen LogP contribution < -0.4 is 10.1 Å². The summed E-state index contributed by atoms with van der Waals surface area (Å²) >= 11 is 0. The van der Waals surface area contributed by atoms with Crippen LogP contribution in [0.2, 0.25) is 0 Å². The number of nitrogens with one attached hydrogen (secondary N) is 1. The average molecular weight is 423 g/mol. The maximum absolute atomic E-state index is 14.7. The van der Waals surface area contributed by atoms with Crippen molar-refractivity contribution in [2.75, 3.05) is 0 Å². The summed E-state index contributed by atoms with van der Waals surface area (Å²) in [6, 6.07) is 17.8. The number of aryl methyl sites for hydroxylation is 1. The molecule has 0 bridgehead atoms. The van der Waals surface area contributed by atoms with E-state index in [4.69, 9.17) is 4.74 Å². The third-order valence-corrected chi connectivity index (χ3v) is 5.15. The Balaban J connectivity index is 1.93. The van der Waals surface area contributed by atoms with Crippen molar-refractivity contribution in [1.82, 2.24) is 5.32 Å². The van der Waals surface area contributed by atoms with Crippen molar-refractivity contribution >= 4 is 22.6 Å². The fourth-order valence-electron chi connectivity index (χ4n) is 3.28. The Bertz CT molecular complexity index is 1100. The van der Waals surface area contributed by atoms with Crippen LogP contribution in [0.25, 0.3) is 10.8 Å². The number of rotatable bonds is 8. The number of hydrogen-bond acceptors (Lipinski definition) is 3.